The van der Waals surface area contributed by atoms with Crippen LogP contribution < -0.4 is 11.1 Å². The molecule has 0 radical (unpaired) electrons. The van der Waals surface area contributed by atoms with E-state index in [0.29, 0.717) is 11.4 Å². The van der Waals surface area contributed by atoms with Gasteiger partial charge in [0.15, 0.2) is 0 Å². The molecule has 1 aliphatic rings. The summed E-state index contributed by atoms with van der Waals surface area (Å²) in [7, 11) is 0. The first-order chi connectivity index (χ1) is 9.35. The van der Waals surface area contributed by atoms with Crippen LogP contribution in [0.15, 0.2) is 16.7 Å². The van der Waals surface area contributed by atoms with Gasteiger partial charge < -0.3 is 20.7 Å². The van der Waals surface area contributed by atoms with Gasteiger partial charge in [-0.15, -0.1) is 0 Å². The van der Waals surface area contributed by atoms with Crippen LogP contribution in [0.1, 0.15) is 16.8 Å². The van der Waals surface area contributed by atoms with Crippen molar-refractivity contribution in [2.24, 2.45) is 0 Å². The van der Waals surface area contributed by atoms with Crippen molar-refractivity contribution in [1.29, 1.82) is 0 Å². The van der Waals surface area contributed by atoms with Crippen molar-refractivity contribution >= 4 is 40.7 Å². The standard InChI is InChI=1S/C12H9Cl2N3O3/c1-4-8(10(15)20-17-4)12(19)6-2-5(13)3-7(14)9(6)16-11(12)18/h2-3,19H,15H2,1H3,(H,16,18)/t12-/m1/s1. The molecule has 0 aliphatic carbocycles. The van der Waals surface area contributed by atoms with Gasteiger partial charge >= 0.3 is 0 Å². The second-order valence-electron chi connectivity index (χ2n) is 4.48. The van der Waals surface area contributed by atoms with Crippen molar-refractivity contribution in [3.05, 3.63) is 39.0 Å². The molecule has 0 saturated heterocycles. The normalized spacial score (nSPS) is 20.9. The number of hydrogen-bond acceptors (Lipinski definition) is 5. The number of halogens is 2. The number of fused-ring (bicyclic) bond motifs is 1. The van der Waals surface area contributed by atoms with E-state index in [1.165, 1.54) is 12.1 Å². The number of nitrogens with two attached hydrogens (primary N) is 1. The van der Waals surface area contributed by atoms with Crippen LogP contribution in [-0.4, -0.2) is 16.2 Å². The highest BCUT2D eigenvalue weighted by Crippen LogP contribution is 2.47. The Labute approximate surface area is 123 Å². The first-order valence-corrected chi connectivity index (χ1v) is 6.37. The summed E-state index contributed by atoms with van der Waals surface area (Å²) in [6.07, 6.45) is 0. The second kappa shape index (κ2) is 4.12. The van der Waals surface area contributed by atoms with Gasteiger partial charge in [0.1, 0.15) is 0 Å². The Morgan fingerprint density at radius 2 is 2.15 bits per heavy atom. The number of carbonyl (C=O) groups is 1. The van der Waals surface area contributed by atoms with Gasteiger partial charge in [-0.3, -0.25) is 4.79 Å². The Morgan fingerprint density at radius 3 is 2.75 bits per heavy atom. The maximum Gasteiger partial charge on any atom is 0.266 e. The van der Waals surface area contributed by atoms with Crippen LogP contribution in [0.4, 0.5) is 11.6 Å². The van der Waals surface area contributed by atoms with Crippen molar-refractivity contribution in [3.8, 4) is 0 Å². The Hall–Kier alpha value is -1.76. The molecular weight excluding hydrogens is 305 g/mol. The van der Waals surface area contributed by atoms with Gasteiger partial charge in [-0.25, -0.2) is 0 Å². The summed E-state index contributed by atoms with van der Waals surface area (Å²) in [4.78, 5) is 12.2. The number of aromatic nitrogens is 1. The zero-order valence-electron chi connectivity index (χ0n) is 10.2. The van der Waals surface area contributed by atoms with Gasteiger partial charge in [-0.1, -0.05) is 28.4 Å². The van der Waals surface area contributed by atoms with Crippen molar-refractivity contribution in [2.75, 3.05) is 11.1 Å². The van der Waals surface area contributed by atoms with Crippen molar-refractivity contribution in [3.63, 3.8) is 0 Å². The van der Waals surface area contributed by atoms with Crippen molar-refractivity contribution in [2.45, 2.75) is 12.5 Å². The summed E-state index contributed by atoms with van der Waals surface area (Å²) in [5.74, 6) is -0.821. The number of nitrogen functional groups attached to an aromatic ring is 1. The summed E-state index contributed by atoms with van der Waals surface area (Å²) < 4.78 is 4.82. The average molecular weight is 314 g/mol. The van der Waals surface area contributed by atoms with E-state index in [1.54, 1.807) is 6.92 Å². The molecule has 0 fully saturated rings. The number of nitrogens with one attached hydrogen (secondary N) is 1. The number of aliphatic hydroxyl groups is 1. The topological polar surface area (TPSA) is 101 Å². The molecule has 1 aromatic carbocycles. The number of amides is 1. The third-order valence-corrected chi connectivity index (χ3v) is 3.78. The summed E-state index contributed by atoms with van der Waals surface area (Å²) in [5.41, 5.74) is 4.55. The Balaban J connectivity index is 2.34. The van der Waals surface area contributed by atoms with Crippen LogP contribution in [0.5, 0.6) is 0 Å². The molecular formula is C12H9Cl2N3O3. The van der Waals surface area contributed by atoms with E-state index in [9.17, 15) is 9.90 Å². The molecule has 1 aliphatic heterocycles. The maximum atomic E-state index is 12.2. The molecule has 2 heterocycles. The minimum Gasteiger partial charge on any atom is -0.371 e. The minimum atomic E-state index is -2.03. The molecule has 8 heteroatoms. The molecule has 1 aromatic heterocycles. The van der Waals surface area contributed by atoms with Crippen molar-refractivity contribution in [1.82, 2.24) is 5.16 Å². The number of rotatable bonds is 1. The van der Waals surface area contributed by atoms with E-state index in [4.69, 9.17) is 33.5 Å². The quantitative estimate of drug-likeness (QED) is 0.748. The largest absolute Gasteiger partial charge is 0.371 e. The van der Waals surface area contributed by atoms with E-state index in [2.05, 4.69) is 10.5 Å². The highest BCUT2D eigenvalue weighted by atomic mass is 35.5. The van der Waals surface area contributed by atoms with E-state index >= 15 is 0 Å². The molecule has 0 saturated carbocycles. The monoisotopic (exact) mass is 313 g/mol. The fourth-order valence-electron chi connectivity index (χ4n) is 2.39. The average Bonchev–Trinajstić information content (AvgIpc) is 2.82. The van der Waals surface area contributed by atoms with Gasteiger partial charge in [0, 0.05) is 10.6 Å². The smallest absolute Gasteiger partial charge is 0.266 e. The van der Waals surface area contributed by atoms with Gasteiger partial charge in [-0.2, -0.15) is 0 Å². The van der Waals surface area contributed by atoms with Gasteiger partial charge in [-0.05, 0) is 19.1 Å². The van der Waals surface area contributed by atoms with E-state index in [0.717, 1.165) is 0 Å². The minimum absolute atomic E-state index is 0.0899. The zero-order chi connectivity index (χ0) is 14.7. The van der Waals surface area contributed by atoms with Crippen LogP contribution in [0.3, 0.4) is 0 Å². The molecule has 104 valence electrons. The zero-order valence-corrected chi connectivity index (χ0v) is 11.7. The third kappa shape index (κ3) is 1.56. The lowest BCUT2D eigenvalue weighted by atomic mass is 9.87. The van der Waals surface area contributed by atoms with Crippen LogP contribution in [0.2, 0.25) is 10.0 Å². The van der Waals surface area contributed by atoms with E-state index in [1.807, 2.05) is 0 Å². The van der Waals surface area contributed by atoms with Gasteiger partial charge in [0.2, 0.25) is 11.5 Å². The summed E-state index contributed by atoms with van der Waals surface area (Å²) in [5, 5.41) is 17.6. The number of anilines is 2. The molecule has 3 rings (SSSR count). The molecule has 20 heavy (non-hydrogen) atoms. The lowest BCUT2D eigenvalue weighted by Gasteiger charge is -2.20. The highest BCUT2D eigenvalue weighted by molar-refractivity contribution is 6.38. The maximum absolute atomic E-state index is 12.2. The predicted molar refractivity (Wildman–Crippen MR) is 73.7 cm³/mol. The lowest BCUT2D eigenvalue weighted by Crippen LogP contribution is -2.36. The Morgan fingerprint density at radius 1 is 1.45 bits per heavy atom. The molecule has 0 unspecified atom stereocenters. The third-order valence-electron chi connectivity index (χ3n) is 3.26. The van der Waals surface area contributed by atoms with Crippen molar-refractivity contribution < 1.29 is 14.4 Å². The summed E-state index contributed by atoms with van der Waals surface area (Å²) in [6.45, 7) is 1.57. The van der Waals surface area contributed by atoms with Gasteiger partial charge in [0.25, 0.3) is 5.91 Å². The van der Waals surface area contributed by atoms with Crippen LogP contribution in [0.25, 0.3) is 0 Å². The molecule has 1 atom stereocenters. The number of hydrogen-bond donors (Lipinski definition) is 3. The van der Waals surface area contributed by atoms with E-state index < -0.39 is 11.5 Å². The lowest BCUT2D eigenvalue weighted by molar-refractivity contribution is -0.129. The molecule has 0 bridgehead atoms. The fraction of sp³-hybridized carbons (Fsp3) is 0.167. The Kier molecular flexibility index (Phi) is 2.72. The van der Waals surface area contributed by atoms with Crippen LogP contribution in [0, 0.1) is 6.92 Å². The summed E-state index contributed by atoms with van der Waals surface area (Å²) in [6, 6.07) is 2.92. The number of benzene rings is 1. The molecule has 1 amide bonds. The fourth-order valence-corrected chi connectivity index (χ4v) is 2.93. The SMILES string of the molecule is Cc1noc(N)c1[C@@]1(O)C(=O)Nc2c(Cl)cc(Cl)cc21. The highest BCUT2D eigenvalue weighted by Gasteiger charge is 2.51. The predicted octanol–water partition coefficient (Wildman–Crippen LogP) is 2.06. The number of carbonyl (C=O) groups excluding carboxylic acids is 1. The van der Waals surface area contributed by atoms with E-state index in [-0.39, 0.29) is 27.1 Å². The first-order valence-electron chi connectivity index (χ1n) is 5.61. The first kappa shape index (κ1) is 13.2. The number of nitrogens with zero attached hydrogens (tertiary/aromatic N) is 1. The summed E-state index contributed by atoms with van der Waals surface area (Å²) >= 11 is 12.0. The second-order valence-corrected chi connectivity index (χ2v) is 5.33. The molecule has 0 spiro atoms. The number of aryl methyl sites for hydroxylation is 1. The molecule has 4 N–H and O–H groups in total. The molecule has 2 aromatic rings. The molecule has 6 nitrogen and oxygen atoms in total. The Bertz CT molecular complexity index is 724. The van der Waals surface area contributed by atoms with Crippen LogP contribution in [-0.2, 0) is 10.4 Å². The van der Waals surface area contributed by atoms with Gasteiger partial charge in [0.05, 0.1) is 22.0 Å². The van der Waals surface area contributed by atoms with Crippen LogP contribution >= 0.6 is 23.2 Å².